The maximum absolute atomic E-state index is 5.47. The number of quaternary nitrogens is 1. The molecular weight excluding hydrogens is 348 g/mol. The maximum atomic E-state index is 5.47. The molecule has 3 aliphatic rings. The fraction of sp³-hybridized carbons (Fsp3) is 1.00. The average Bonchev–Trinajstić information content (AvgIpc) is 3.17. The van der Waals surface area contributed by atoms with Crippen molar-refractivity contribution in [3.05, 3.63) is 0 Å². The molecular formula is C16H39B2ClN2NaO3. The number of hydrogen-bond acceptors (Lipinski definition) is 4. The summed E-state index contributed by atoms with van der Waals surface area (Å²) in [5.74, 6) is 5.00. The van der Waals surface area contributed by atoms with Crippen molar-refractivity contribution < 1.29 is 50.8 Å². The summed E-state index contributed by atoms with van der Waals surface area (Å²) in [5, 5.41) is 2.07. The van der Waals surface area contributed by atoms with Gasteiger partial charge in [-0.1, -0.05) is 38.5 Å². The van der Waals surface area contributed by atoms with Crippen molar-refractivity contribution >= 4 is 28.8 Å². The van der Waals surface area contributed by atoms with Crippen LogP contribution in [0.5, 0.6) is 0 Å². The van der Waals surface area contributed by atoms with Crippen molar-refractivity contribution in [3.63, 3.8) is 0 Å². The van der Waals surface area contributed by atoms with Crippen molar-refractivity contribution in [3.8, 4) is 0 Å². The number of ether oxygens (including phenoxy) is 1. The fourth-order valence-electron chi connectivity index (χ4n) is 2.91. The molecule has 0 amide bonds. The Labute approximate surface area is 187 Å². The molecule has 0 aromatic heterocycles. The van der Waals surface area contributed by atoms with E-state index in [9.17, 15) is 0 Å². The van der Waals surface area contributed by atoms with Crippen molar-refractivity contribution in [2.75, 3.05) is 13.2 Å². The Kier molecular flexibility index (Phi) is 28.8. The smallest absolute Gasteiger partial charge is 1.00 e. The van der Waals surface area contributed by atoms with Crippen LogP contribution < -0.4 is 40.8 Å². The molecule has 145 valence electrons. The first-order chi connectivity index (χ1) is 10.9. The first-order valence-corrected chi connectivity index (χ1v) is 8.65. The molecule has 0 aromatic carbocycles. The predicted octanol–water partition coefficient (Wildman–Crippen LogP) is -1.74. The van der Waals surface area contributed by atoms with Crippen molar-refractivity contribution in [1.29, 1.82) is 0 Å². The monoisotopic (exact) mass is 387 g/mol. The van der Waals surface area contributed by atoms with E-state index in [1.165, 1.54) is 64.2 Å². The number of rotatable bonds is 3. The van der Waals surface area contributed by atoms with E-state index in [2.05, 4.69) is 5.39 Å². The van der Waals surface area contributed by atoms with E-state index in [4.69, 9.17) is 20.3 Å². The molecule has 3 rings (SSSR count). The molecule has 5 nitrogen and oxygen atoms in total. The predicted molar refractivity (Wildman–Crippen MR) is 106 cm³/mol. The van der Waals surface area contributed by atoms with Crippen LogP contribution in [0.2, 0.25) is 0 Å². The second-order valence-corrected chi connectivity index (χ2v) is 6.11. The van der Waals surface area contributed by atoms with Gasteiger partial charge in [-0.3, -0.25) is 4.84 Å². The Morgan fingerprint density at radius 2 is 1.28 bits per heavy atom. The fourth-order valence-corrected chi connectivity index (χ4v) is 2.91. The van der Waals surface area contributed by atoms with Crippen LogP contribution in [0.1, 0.15) is 78.5 Å². The molecule has 1 saturated heterocycles. The topological polar surface area (TPSA) is 70.3 Å². The Hall–Kier alpha value is 1.22. The van der Waals surface area contributed by atoms with Crippen LogP contribution in [-0.4, -0.2) is 41.8 Å². The second kappa shape index (κ2) is 23.3. The molecule has 4 N–H and O–H groups in total. The third-order valence-corrected chi connectivity index (χ3v) is 4.32. The summed E-state index contributed by atoms with van der Waals surface area (Å²) in [6.45, 7) is 2.00. The molecule has 9 heteroatoms. The van der Waals surface area contributed by atoms with Crippen molar-refractivity contribution in [2.24, 2.45) is 5.90 Å². The summed E-state index contributed by atoms with van der Waals surface area (Å²) < 4.78 is 4.94. The van der Waals surface area contributed by atoms with E-state index in [-0.39, 0.29) is 51.8 Å². The van der Waals surface area contributed by atoms with Gasteiger partial charge in [-0.05, 0) is 38.5 Å². The van der Waals surface area contributed by atoms with Gasteiger partial charge in [-0.15, -0.1) is 12.4 Å². The molecule has 2 aliphatic carbocycles. The summed E-state index contributed by atoms with van der Waals surface area (Å²) in [6, 6.07) is 0. The van der Waals surface area contributed by atoms with Gasteiger partial charge in [-0.2, -0.15) is 0 Å². The summed E-state index contributed by atoms with van der Waals surface area (Å²) in [4.78, 5) is 10.2. The Morgan fingerprint density at radius 3 is 1.56 bits per heavy atom. The number of halogens is 1. The molecule has 25 heavy (non-hydrogen) atoms. The minimum atomic E-state index is 0. The van der Waals surface area contributed by atoms with Gasteiger partial charge >= 0.3 is 29.6 Å². The van der Waals surface area contributed by atoms with Gasteiger partial charge in [0.25, 0.3) is 0 Å². The van der Waals surface area contributed by atoms with Crippen LogP contribution in [0.25, 0.3) is 0 Å². The SMILES string of the molecule is C1CCOC1.Cl.NOC1CCCCC1.[BH3-][NH2+]OC1CCCCC1.[B].[H-].[Na+]. The van der Waals surface area contributed by atoms with Gasteiger partial charge in [0, 0.05) is 21.6 Å². The van der Waals surface area contributed by atoms with Crippen LogP contribution in [0, 0.1) is 0 Å². The summed E-state index contributed by atoms with van der Waals surface area (Å²) >= 11 is 0. The Bertz CT molecular complexity index is 243. The van der Waals surface area contributed by atoms with E-state index in [0.717, 1.165) is 26.1 Å². The van der Waals surface area contributed by atoms with Gasteiger partial charge in [-0.25, -0.2) is 5.90 Å². The first-order valence-electron chi connectivity index (χ1n) is 8.65. The normalized spacial score (nSPS) is 20.4. The number of hydrogen-bond donors (Lipinski definition) is 2. The standard InChI is InChI=1S/C6H16BNO.C6H13NO.C4H8O.B.ClH.Na.H/c7-8-9-6-4-2-1-3-5-6;7-8-6-4-2-1-3-5-6;1-2-4-5-3-1;;;;/h6H,1-5,8H2,7H3;6H,1-5,7H2;1-4H2;;1H;;/q;;;;;+1;-1. The minimum Gasteiger partial charge on any atom is -1.00 e. The van der Waals surface area contributed by atoms with Crippen LogP contribution in [0.4, 0.5) is 0 Å². The third-order valence-electron chi connectivity index (χ3n) is 4.32. The maximum Gasteiger partial charge on any atom is 1.00 e. The molecule has 0 unspecified atom stereocenters. The third kappa shape index (κ3) is 18.4. The first kappa shape index (κ1) is 30.9. The zero-order valence-electron chi connectivity index (χ0n) is 16.4. The zero-order chi connectivity index (χ0) is 15.9. The largest absolute Gasteiger partial charge is 1.00 e. The van der Waals surface area contributed by atoms with Crippen LogP contribution in [0.3, 0.4) is 0 Å². The molecule has 1 heterocycles. The minimum absolute atomic E-state index is 0. The number of nitrogens with two attached hydrogens (primary N) is 2. The molecule has 3 radical (unpaired) electrons. The van der Waals surface area contributed by atoms with E-state index >= 15 is 0 Å². The van der Waals surface area contributed by atoms with Crippen LogP contribution >= 0.6 is 12.4 Å². The van der Waals surface area contributed by atoms with Gasteiger partial charge in [0.15, 0.2) is 7.98 Å². The summed E-state index contributed by atoms with van der Waals surface area (Å²) in [7, 11) is 0.373. The summed E-state index contributed by atoms with van der Waals surface area (Å²) in [5.41, 5.74) is 0. The van der Waals surface area contributed by atoms with Crippen LogP contribution in [0.15, 0.2) is 0 Å². The zero-order valence-corrected chi connectivity index (χ0v) is 18.2. The van der Waals surface area contributed by atoms with Crippen LogP contribution in [-0.2, 0) is 14.4 Å². The molecule has 0 atom stereocenters. The van der Waals surface area contributed by atoms with Gasteiger partial charge in [0.1, 0.15) is 6.10 Å². The van der Waals surface area contributed by atoms with E-state index < -0.39 is 0 Å². The molecule has 0 spiro atoms. The Balaban J connectivity index is -0.000000133. The van der Waals surface area contributed by atoms with Gasteiger partial charge in [0.05, 0.1) is 6.10 Å². The van der Waals surface area contributed by atoms with E-state index in [0.29, 0.717) is 20.2 Å². The molecule has 1 aliphatic heterocycles. The van der Waals surface area contributed by atoms with E-state index in [1.807, 2.05) is 0 Å². The van der Waals surface area contributed by atoms with Gasteiger partial charge in [0.2, 0.25) is 0 Å². The molecule has 2 saturated carbocycles. The average molecular weight is 388 g/mol. The molecule has 0 aromatic rings. The van der Waals surface area contributed by atoms with Gasteiger partial charge < -0.3 is 16.4 Å². The summed E-state index contributed by atoms with van der Waals surface area (Å²) in [6.07, 6.45) is 16.6. The molecule has 0 bridgehead atoms. The second-order valence-electron chi connectivity index (χ2n) is 6.11. The quantitative estimate of drug-likeness (QED) is 0.446. The van der Waals surface area contributed by atoms with Crippen molar-refractivity contribution in [1.82, 2.24) is 0 Å². The van der Waals surface area contributed by atoms with Crippen molar-refractivity contribution in [2.45, 2.75) is 89.3 Å². The Morgan fingerprint density at radius 1 is 0.840 bits per heavy atom. The van der Waals surface area contributed by atoms with E-state index in [1.54, 1.807) is 0 Å². The molecule has 3 fully saturated rings.